The molecule has 1 aliphatic heterocycles. The number of hydrogen-bond acceptors (Lipinski definition) is 4. The van der Waals surface area contributed by atoms with Crippen molar-refractivity contribution < 1.29 is 29.5 Å². The summed E-state index contributed by atoms with van der Waals surface area (Å²) in [7, 11) is 0. The van der Waals surface area contributed by atoms with Gasteiger partial charge in [-0.05, 0) is 0 Å². The number of hydrogen-bond donors (Lipinski definition) is 1. The van der Waals surface area contributed by atoms with E-state index in [0.717, 1.165) is 41.1 Å². The van der Waals surface area contributed by atoms with Gasteiger partial charge in [-0.25, -0.2) is 0 Å². The molecule has 3 aromatic rings. The first-order valence-corrected chi connectivity index (χ1v) is 9.57. The molecule has 1 fully saturated rings. The predicted octanol–water partition coefficient (Wildman–Crippen LogP) is 2.41. The number of benzene rings is 1. The second-order valence-electron chi connectivity index (χ2n) is 6.33. The fraction of sp³-hybridized carbons (Fsp3) is 0.333. The number of morpholine rings is 1. The monoisotopic (exact) mass is 517 g/mol. The predicted molar refractivity (Wildman–Crippen MR) is 91.2 cm³/mol. The summed E-state index contributed by atoms with van der Waals surface area (Å²) in [5.41, 5.74) is 3.15. The normalized spacial score (nSPS) is 21.4. The number of nitrogens with zero attached hydrogens (tertiary/aromatic N) is 3. The maximum absolute atomic E-state index is 5.83. The van der Waals surface area contributed by atoms with Crippen molar-refractivity contribution in [1.29, 1.82) is 0 Å². The fourth-order valence-electron chi connectivity index (χ4n) is 3.31. The molecule has 0 bridgehead atoms. The molecular formula is C18H19AtN4O. The number of nitrogens with one attached hydrogen (secondary N) is 1. The summed E-state index contributed by atoms with van der Waals surface area (Å²) in [6, 6.07) is 10.6. The quantitative estimate of drug-likeness (QED) is 0.568. The average Bonchev–Trinajstić information content (AvgIpc) is 2.97. The Morgan fingerprint density at radius 2 is 1.96 bits per heavy atom. The Bertz CT molecular complexity index is 868. The Hall–Kier alpha value is -1.52. The second kappa shape index (κ2) is 6.42. The van der Waals surface area contributed by atoms with Crippen molar-refractivity contribution in [3.05, 3.63) is 36.5 Å². The number of ether oxygens (including phenoxy) is 1. The van der Waals surface area contributed by atoms with Crippen LogP contribution in [0.15, 0.2) is 36.5 Å². The van der Waals surface area contributed by atoms with Gasteiger partial charge in [0.05, 0.1) is 0 Å². The molecule has 1 aliphatic rings. The molecule has 2 unspecified atom stereocenters. The topological polar surface area (TPSA) is 54.0 Å². The SMILES string of the molecule is CC1CN(c2cc(-c3n[nH]c4ccc([At])cc34)ccn2)CC(C)O1. The van der Waals surface area contributed by atoms with Gasteiger partial charge in [0, 0.05) is 0 Å². The van der Waals surface area contributed by atoms with Gasteiger partial charge in [0.2, 0.25) is 0 Å². The van der Waals surface area contributed by atoms with Crippen molar-refractivity contribution in [2.75, 3.05) is 18.0 Å². The van der Waals surface area contributed by atoms with E-state index in [9.17, 15) is 0 Å². The van der Waals surface area contributed by atoms with Crippen LogP contribution in [-0.4, -0.2) is 40.5 Å². The maximum atomic E-state index is 5.83. The molecule has 0 saturated carbocycles. The van der Waals surface area contributed by atoms with Crippen LogP contribution in [0.2, 0.25) is 0 Å². The van der Waals surface area contributed by atoms with Crippen LogP contribution in [0.4, 0.5) is 5.82 Å². The first-order valence-electron chi connectivity index (χ1n) is 8.10. The first kappa shape index (κ1) is 16.0. The summed E-state index contributed by atoms with van der Waals surface area (Å²) in [4.78, 5) is 6.87. The van der Waals surface area contributed by atoms with Crippen LogP contribution in [-0.2, 0) is 4.74 Å². The number of anilines is 1. The summed E-state index contributed by atoms with van der Waals surface area (Å²) < 4.78 is 7.11. The summed E-state index contributed by atoms with van der Waals surface area (Å²) in [6.07, 6.45) is 2.31. The van der Waals surface area contributed by atoms with Crippen molar-refractivity contribution >= 4 is 20.0 Å². The van der Waals surface area contributed by atoms with Crippen LogP contribution in [0.25, 0.3) is 22.2 Å². The minimum absolute atomic E-state index is 0.218. The molecule has 1 aromatic carbocycles. The Balaban J connectivity index is 1.73. The van der Waals surface area contributed by atoms with Crippen molar-refractivity contribution in [3.63, 3.8) is 0 Å². The van der Waals surface area contributed by atoms with Crippen LogP contribution >= 0.6 is 0 Å². The van der Waals surface area contributed by atoms with Gasteiger partial charge in [-0.15, -0.1) is 0 Å². The molecule has 3 heterocycles. The van der Waals surface area contributed by atoms with Crippen molar-refractivity contribution in [3.8, 4) is 11.3 Å². The summed E-state index contributed by atoms with van der Waals surface area (Å²) >= 11 is 1.68. The summed E-state index contributed by atoms with van der Waals surface area (Å²) in [5, 5.41) is 8.82. The Morgan fingerprint density at radius 1 is 1.17 bits per heavy atom. The average molecular weight is 517 g/mol. The molecule has 0 aliphatic carbocycles. The molecule has 0 spiro atoms. The Labute approximate surface area is 156 Å². The van der Waals surface area contributed by atoms with Crippen LogP contribution in [0.5, 0.6) is 0 Å². The van der Waals surface area contributed by atoms with E-state index in [4.69, 9.17) is 4.74 Å². The van der Waals surface area contributed by atoms with E-state index in [1.807, 2.05) is 12.3 Å². The van der Waals surface area contributed by atoms with Crippen LogP contribution in [0.3, 0.4) is 0 Å². The molecule has 1 saturated heterocycles. The van der Waals surface area contributed by atoms with Gasteiger partial charge in [-0.1, -0.05) is 0 Å². The molecule has 2 atom stereocenters. The second-order valence-corrected chi connectivity index (χ2v) is 8.02. The zero-order chi connectivity index (χ0) is 16.7. The molecule has 1 N–H and O–H groups in total. The molecule has 5 nitrogen and oxygen atoms in total. The third-order valence-corrected chi connectivity index (χ3v) is 5.20. The van der Waals surface area contributed by atoms with E-state index in [0.29, 0.717) is 0 Å². The van der Waals surface area contributed by atoms with Gasteiger partial charge >= 0.3 is 156 Å². The number of rotatable bonds is 2. The van der Waals surface area contributed by atoms with Gasteiger partial charge in [0.1, 0.15) is 0 Å². The third kappa shape index (κ3) is 3.05. The zero-order valence-corrected chi connectivity index (χ0v) is 16.6. The molecule has 124 valence electrons. The van der Waals surface area contributed by atoms with E-state index in [2.05, 4.69) is 58.2 Å². The Kier molecular flexibility index (Phi) is 4.27. The standard InChI is InChI=1S/C18H19AtN4O/c1-11-9-23(10-12(2)24-11)17-7-13(5-6-20-17)18-15-8-14(19)3-4-16(15)21-22-18/h3-8,11-12H,9-10H2,1-2H3,(H,21,22). The summed E-state index contributed by atoms with van der Waals surface area (Å²) in [5.74, 6) is 0.988. The first-order chi connectivity index (χ1) is 11.6. The van der Waals surface area contributed by atoms with Gasteiger partial charge in [-0.2, -0.15) is 0 Å². The van der Waals surface area contributed by atoms with E-state index < -0.39 is 0 Å². The van der Waals surface area contributed by atoms with Crippen molar-refractivity contribution in [1.82, 2.24) is 15.2 Å². The molecule has 0 amide bonds. The van der Waals surface area contributed by atoms with Crippen LogP contribution in [0, 0.1) is 24.7 Å². The van der Waals surface area contributed by atoms with Gasteiger partial charge < -0.3 is 0 Å². The Morgan fingerprint density at radius 3 is 2.75 bits per heavy atom. The molecular weight excluding hydrogens is 498 g/mol. The molecule has 0 radical (unpaired) electrons. The van der Waals surface area contributed by atoms with E-state index >= 15 is 0 Å². The third-order valence-electron chi connectivity index (χ3n) is 4.29. The fourth-order valence-corrected chi connectivity index (χ4v) is 3.98. The molecule has 2 aromatic heterocycles. The molecule has 6 heteroatoms. The van der Waals surface area contributed by atoms with E-state index in [1.54, 1.807) is 24.7 Å². The van der Waals surface area contributed by atoms with Gasteiger partial charge in [-0.3, -0.25) is 0 Å². The zero-order valence-electron chi connectivity index (χ0n) is 13.7. The van der Waals surface area contributed by atoms with Crippen LogP contribution in [0.1, 0.15) is 13.8 Å². The molecule has 24 heavy (non-hydrogen) atoms. The molecule has 4 rings (SSSR count). The number of fused-ring (bicyclic) bond motifs is 1. The minimum atomic E-state index is 0.218. The van der Waals surface area contributed by atoms with Crippen molar-refractivity contribution in [2.45, 2.75) is 26.1 Å². The number of aromatic nitrogens is 3. The number of pyridine rings is 1. The number of H-pyrrole nitrogens is 1. The van der Waals surface area contributed by atoms with Gasteiger partial charge in [0.25, 0.3) is 0 Å². The van der Waals surface area contributed by atoms with E-state index in [-0.39, 0.29) is 12.2 Å². The van der Waals surface area contributed by atoms with E-state index in [1.165, 1.54) is 3.27 Å². The van der Waals surface area contributed by atoms with Crippen molar-refractivity contribution in [2.24, 2.45) is 0 Å². The number of aromatic amines is 1. The summed E-state index contributed by atoms with van der Waals surface area (Å²) in [6.45, 7) is 5.95. The van der Waals surface area contributed by atoms with Crippen LogP contribution < -0.4 is 8.17 Å². The van der Waals surface area contributed by atoms with Gasteiger partial charge in [0.15, 0.2) is 0 Å².